The van der Waals surface area contributed by atoms with Gasteiger partial charge in [0.15, 0.2) is 18.1 Å². The number of hydrogen-bond donors (Lipinski definition) is 1. The number of aryl methyl sites for hydroxylation is 2. The van der Waals surface area contributed by atoms with E-state index in [1.165, 1.54) is 0 Å². The highest BCUT2D eigenvalue weighted by Crippen LogP contribution is 2.45. The van der Waals surface area contributed by atoms with Crippen LogP contribution >= 0.6 is 0 Å². The number of allylic oxidation sites excluding steroid dienone is 1. The van der Waals surface area contributed by atoms with Crippen molar-refractivity contribution in [2.75, 3.05) is 19.8 Å². The number of carbonyl (C=O) groups excluding carboxylic acids is 1. The van der Waals surface area contributed by atoms with Crippen molar-refractivity contribution >= 4 is 5.97 Å². The number of hydrogen-bond acceptors (Lipinski definition) is 8. The molecule has 0 amide bonds. The lowest BCUT2D eigenvalue weighted by Gasteiger charge is -2.27. The van der Waals surface area contributed by atoms with Gasteiger partial charge in [0.1, 0.15) is 28.9 Å². The van der Waals surface area contributed by atoms with Gasteiger partial charge < -0.3 is 29.4 Å². The number of ether oxygens (including phenoxy) is 5. The average Bonchev–Trinajstić information content (AvgIpc) is 2.87. The molecule has 0 fully saturated rings. The Bertz CT molecular complexity index is 1400. The van der Waals surface area contributed by atoms with Crippen molar-refractivity contribution in [3.63, 3.8) is 0 Å². The monoisotopic (exact) mass is 514 g/mol. The Morgan fingerprint density at radius 3 is 2.32 bits per heavy atom. The second-order valence-corrected chi connectivity index (χ2v) is 8.78. The Labute approximate surface area is 222 Å². The summed E-state index contributed by atoms with van der Waals surface area (Å²) in [4.78, 5) is 12.5. The SMILES string of the molecule is CCOc1ccc(C2C(C#N)=C(N)Oc3cc(OC(=O)COc4cc(C)cc(C)c4)ccc32)cc1OCC. The first-order valence-electron chi connectivity index (χ1n) is 12.4. The summed E-state index contributed by atoms with van der Waals surface area (Å²) in [5.41, 5.74) is 9.99. The minimum atomic E-state index is -0.564. The van der Waals surface area contributed by atoms with Gasteiger partial charge in [0.05, 0.1) is 19.1 Å². The number of carbonyl (C=O) groups is 1. The number of benzene rings is 3. The predicted molar refractivity (Wildman–Crippen MR) is 142 cm³/mol. The van der Waals surface area contributed by atoms with E-state index in [0.717, 1.165) is 16.7 Å². The highest BCUT2D eigenvalue weighted by molar-refractivity contribution is 5.74. The van der Waals surface area contributed by atoms with E-state index in [4.69, 9.17) is 29.4 Å². The second-order valence-electron chi connectivity index (χ2n) is 8.78. The Morgan fingerprint density at radius 1 is 0.921 bits per heavy atom. The van der Waals surface area contributed by atoms with Crippen LogP contribution in [0.5, 0.6) is 28.7 Å². The standard InChI is InChI=1S/C30H30N2O6/c1-5-34-25-10-7-20(14-27(25)35-6-2)29-23-9-8-21(15-26(23)38-30(32)24(29)16-31)37-28(33)17-36-22-12-18(3)11-19(4)13-22/h7-15,29H,5-6,17,32H2,1-4H3. The summed E-state index contributed by atoms with van der Waals surface area (Å²) in [7, 11) is 0. The third-order valence-corrected chi connectivity index (χ3v) is 5.87. The van der Waals surface area contributed by atoms with Crippen molar-refractivity contribution in [3.8, 4) is 34.8 Å². The Kier molecular flexibility index (Phi) is 8.07. The number of rotatable bonds is 9. The molecule has 1 aliphatic heterocycles. The average molecular weight is 515 g/mol. The molecule has 0 saturated heterocycles. The highest BCUT2D eigenvalue weighted by atomic mass is 16.6. The van der Waals surface area contributed by atoms with Gasteiger partial charge in [-0.1, -0.05) is 18.2 Å². The lowest BCUT2D eigenvalue weighted by molar-refractivity contribution is -0.136. The first-order valence-corrected chi connectivity index (χ1v) is 12.4. The van der Waals surface area contributed by atoms with Crippen molar-refractivity contribution in [2.24, 2.45) is 5.73 Å². The normalized spacial score (nSPS) is 14.1. The van der Waals surface area contributed by atoms with Gasteiger partial charge >= 0.3 is 5.97 Å². The van der Waals surface area contributed by atoms with Gasteiger partial charge in [-0.2, -0.15) is 5.26 Å². The zero-order valence-corrected chi connectivity index (χ0v) is 21.9. The third-order valence-electron chi connectivity index (χ3n) is 5.87. The molecule has 0 aromatic heterocycles. The fourth-order valence-corrected chi connectivity index (χ4v) is 4.41. The number of nitriles is 1. The van der Waals surface area contributed by atoms with E-state index >= 15 is 0 Å². The lowest BCUT2D eigenvalue weighted by Crippen LogP contribution is -2.22. The fourth-order valence-electron chi connectivity index (χ4n) is 4.41. The van der Waals surface area contributed by atoms with Crippen LogP contribution in [-0.4, -0.2) is 25.8 Å². The molecule has 4 rings (SSSR count). The maximum Gasteiger partial charge on any atom is 0.349 e. The van der Waals surface area contributed by atoms with Crippen LogP contribution in [0, 0.1) is 25.2 Å². The third kappa shape index (κ3) is 5.84. The smallest absolute Gasteiger partial charge is 0.349 e. The van der Waals surface area contributed by atoms with E-state index in [0.29, 0.717) is 41.8 Å². The Balaban J connectivity index is 1.58. The van der Waals surface area contributed by atoms with Gasteiger partial charge in [0.25, 0.3) is 0 Å². The van der Waals surface area contributed by atoms with E-state index in [2.05, 4.69) is 6.07 Å². The molecule has 1 aliphatic rings. The molecule has 1 unspecified atom stereocenters. The topological polar surface area (TPSA) is 113 Å². The Morgan fingerprint density at radius 2 is 1.63 bits per heavy atom. The molecule has 38 heavy (non-hydrogen) atoms. The summed E-state index contributed by atoms with van der Waals surface area (Å²) in [5, 5.41) is 9.88. The minimum absolute atomic E-state index is 0.0153. The van der Waals surface area contributed by atoms with E-state index in [1.54, 1.807) is 18.2 Å². The van der Waals surface area contributed by atoms with Crippen LogP contribution in [0.4, 0.5) is 0 Å². The maximum absolute atomic E-state index is 12.5. The van der Waals surface area contributed by atoms with Gasteiger partial charge in [-0.05, 0) is 74.7 Å². The molecule has 3 aromatic carbocycles. The molecular weight excluding hydrogens is 484 g/mol. The molecule has 8 heteroatoms. The van der Waals surface area contributed by atoms with Gasteiger partial charge in [-0.3, -0.25) is 0 Å². The summed E-state index contributed by atoms with van der Waals surface area (Å²) in [5.74, 6) is 1.36. The molecule has 0 spiro atoms. The first kappa shape index (κ1) is 26.4. The molecule has 8 nitrogen and oxygen atoms in total. The van der Waals surface area contributed by atoms with E-state index in [-0.39, 0.29) is 23.8 Å². The molecule has 0 saturated carbocycles. The van der Waals surface area contributed by atoms with E-state index in [9.17, 15) is 10.1 Å². The molecular formula is C30H30N2O6. The van der Waals surface area contributed by atoms with Crippen molar-refractivity contribution in [3.05, 3.63) is 88.3 Å². The largest absolute Gasteiger partial charge is 0.490 e. The van der Waals surface area contributed by atoms with Crippen LogP contribution in [0.2, 0.25) is 0 Å². The van der Waals surface area contributed by atoms with Crippen LogP contribution in [0.15, 0.2) is 66.1 Å². The first-order chi connectivity index (χ1) is 18.3. The van der Waals surface area contributed by atoms with Crippen molar-refractivity contribution in [1.82, 2.24) is 0 Å². The maximum atomic E-state index is 12.5. The lowest BCUT2D eigenvalue weighted by atomic mass is 9.83. The van der Waals surface area contributed by atoms with Crippen LogP contribution in [0.25, 0.3) is 0 Å². The number of fused-ring (bicyclic) bond motifs is 1. The molecule has 0 bridgehead atoms. The minimum Gasteiger partial charge on any atom is -0.490 e. The molecule has 3 aromatic rings. The predicted octanol–water partition coefficient (Wildman–Crippen LogP) is 5.30. The van der Waals surface area contributed by atoms with Gasteiger partial charge in [-0.15, -0.1) is 0 Å². The number of nitrogens with zero attached hydrogens (tertiary/aromatic N) is 1. The van der Waals surface area contributed by atoms with Crippen LogP contribution in [0.3, 0.4) is 0 Å². The molecule has 1 heterocycles. The van der Waals surface area contributed by atoms with E-state index in [1.807, 2.05) is 64.1 Å². The summed E-state index contributed by atoms with van der Waals surface area (Å²) < 4.78 is 28.3. The Hall–Kier alpha value is -4.64. The fraction of sp³-hybridized carbons (Fsp3) is 0.267. The molecule has 2 N–H and O–H groups in total. The number of esters is 1. The van der Waals surface area contributed by atoms with Gasteiger partial charge in [0.2, 0.25) is 5.88 Å². The quantitative estimate of drug-likeness (QED) is 0.302. The summed E-state index contributed by atoms with van der Waals surface area (Å²) >= 11 is 0. The van der Waals surface area contributed by atoms with E-state index < -0.39 is 11.9 Å². The summed E-state index contributed by atoms with van der Waals surface area (Å²) in [6, 6.07) is 18.4. The van der Waals surface area contributed by atoms with Crippen molar-refractivity contribution < 1.29 is 28.5 Å². The van der Waals surface area contributed by atoms with Gasteiger partial charge in [0, 0.05) is 11.6 Å². The highest BCUT2D eigenvalue weighted by Gasteiger charge is 2.32. The molecule has 0 aliphatic carbocycles. The molecule has 1 atom stereocenters. The zero-order chi connectivity index (χ0) is 27.2. The van der Waals surface area contributed by atoms with Crippen LogP contribution < -0.4 is 29.4 Å². The number of nitrogens with two attached hydrogens (primary N) is 1. The second kappa shape index (κ2) is 11.6. The summed E-state index contributed by atoms with van der Waals surface area (Å²) in [6.07, 6.45) is 0. The van der Waals surface area contributed by atoms with Crippen molar-refractivity contribution in [2.45, 2.75) is 33.6 Å². The summed E-state index contributed by atoms with van der Waals surface area (Å²) in [6.45, 7) is 8.40. The van der Waals surface area contributed by atoms with Crippen LogP contribution in [-0.2, 0) is 4.79 Å². The zero-order valence-electron chi connectivity index (χ0n) is 21.9. The molecule has 0 radical (unpaired) electrons. The van der Waals surface area contributed by atoms with Crippen molar-refractivity contribution in [1.29, 1.82) is 5.26 Å². The molecule has 196 valence electrons. The van der Waals surface area contributed by atoms with Crippen LogP contribution in [0.1, 0.15) is 42.0 Å². The van der Waals surface area contributed by atoms with Gasteiger partial charge in [-0.25, -0.2) is 4.79 Å².